The Morgan fingerprint density at radius 1 is 1.18 bits per heavy atom. The van der Waals surface area contributed by atoms with Gasteiger partial charge in [-0.05, 0) is 23.8 Å². The molecule has 0 aliphatic carbocycles. The van der Waals surface area contributed by atoms with Crippen molar-refractivity contribution in [3.8, 4) is 11.1 Å². The van der Waals surface area contributed by atoms with Gasteiger partial charge >= 0.3 is 0 Å². The molecule has 146 valence electrons. The summed E-state index contributed by atoms with van der Waals surface area (Å²) >= 11 is 12.5. The maximum Gasteiger partial charge on any atom is 0.231 e. The number of benzene rings is 1. The van der Waals surface area contributed by atoms with Crippen molar-refractivity contribution in [2.45, 2.75) is 13.5 Å². The minimum absolute atomic E-state index is 0.108. The quantitative estimate of drug-likeness (QED) is 0.702. The molecule has 4 rings (SSSR count). The zero-order valence-corrected chi connectivity index (χ0v) is 16.8. The van der Waals surface area contributed by atoms with Gasteiger partial charge in [-0.1, -0.05) is 29.3 Å². The zero-order valence-electron chi connectivity index (χ0n) is 15.3. The van der Waals surface area contributed by atoms with E-state index in [2.05, 4.69) is 20.4 Å². The summed E-state index contributed by atoms with van der Waals surface area (Å²) < 4.78 is 7.38. The van der Waals surface area contributed by atoms with E-state index in [1.807, 2.05) is 22.7 Å². The lowest BCUT2D eigenvalue weighted by Gasteiger charge is -2.26. The fourth-order valence-corrected chi connectivity index (χ4v) is 3.77. The Bertz CT molecular complexity index is 1030. The van der Waals surface area contributed by atoms with E-state index in [-0.39, 0.29) is 5.91 Å². The highest BCUT2D eigenvalue weighted by molar-refractivity contribution is 6.36. The van der Waals surface area contributed by atoms with Crippen LogP contribution in [-0.4, -0.2) is 46.8 Å². The molecule has 0 bridgehead atoms. The molecule has 2 aromatic heterocycles. The van der Waals surface area contributed by atoms with Gasteiger partial charge in [0.2, 0.25) is 11.9 Å². The van der Waals surface area contributed by atoms with E-state index in [4.69, 9.17) is 27.9 Å². The van der Waals surface area contributed by atoms with E-state index in [9.17, 15) is 4.79 Å². The van der Waals surface area contributed by atoms with Gasteiger partial charge in [-0.25, -0.2) is 0 Å². The van der Waals surface area contributed by atoms with Gasteiger partial charge in [-0.15, -0.1) is 10.2 Å². The highest BCUT2D eigenvalue weighted by Gasteiger charge is 2.19. The lowest BCUT2D eigenvalue weighted by molar-refractivity contribution is -0.119. The van der Waals surface area contributed by atoms with Gasteiger partial charge in [0, 0.05) is 53.9 Å². The van der Waals surface area contributed by atoms with E-state index >= 15 is 0 Å². The molecule has 1 aliphatic heterocycles. The van der Waals surface area contributed by atoms with E-state index in [1.165, 1.54) is 6.92 Å². The van der Waals surface area contributed by atoms with Crippen LogP contribution in [0.2, 0.25) is 10.0 Å². The molecule has 3 heterocycles. The Balaban J connectivity index is 1.85. The molecule has 1 aliphatic rings. The average Bonchev–Trinajstić information content (AvgIpc) is 3.09. The molecular weight excluding hydrogens is 401 g/mol. The molecule has 1 saturated heterocycles. The Morgan fingerprint density at radius 3 is 2.68 bits per heavy atom. The summed E-state index contributed by atoms with van der Waals surface area (Å²) in [4.78, 5) is 13.6. The number of anilines is 1. The maximum absolute atomic E-state index is 11.4. The van der Waals surface area contributed by atoms with Gasteiger partial charge in [0.1, 0.15) is 0 Å². The fourth-order valence-electron chi connectivity index (χ4n) is 3.26. The van der Waals surface area contributed by atoms with Gasteiger partial charge in [0.25, 0.3) is 0 Å². The molecule has 0 saturated carbocycles. The third-order valence-corrected chi connectivity index (χ3v) is 5.20. The van der Waals surface area contributed by atoms with Crippen LogP contribution >= 0.6 is 23.2 Å². The number of fused-ring (bicyclic) bond motifs is 1. The van der Waals surface area contributed by atoms with Crippen molar-refractivity contribution in [1.29, 1.82) is 0 Å². The summed E-state index contributed by atoms with van der Waals surface area (Å²) in [7, 11) is 0. The summed E-state index contributed by atoms with van der Waals surface area (Å²) in [6, 6.07) is 7.30. The van der Waals surface area contributed by atoms with E-state index in [1.54, 1.807) is 12.1 Å². The number of nitrogens with one attached hydrogen (secondary N) is 1. The number of nitrogens with zero attached hydrogens (tertiary/aromatic N) is 4. The van der Waals surface area contributed by atoms with E-state index in [0.29, 0.717) is 35.5 Å². The van der Waals surface area contributed by atoms with Crippen LogP contribution in [0.15, 0.2) is 30.5 Å². The van der Waals surface area contributed by atoms with Gasteiger partial charge in [0.15, 0.2) is 5.65 Å². The monoisotopic (exact) mass is 419 g/mol. The predicted octanol–water partition coefficient (Wildman–Crippen LogP) is 3.18. The smallest absolute Gasteiger partial charge is 0.231 e. The van der Waals surface area contributed by atoms with Gasteiger partial charge in [0.05, 0.1) is 13.2 Å². The Hall–Kier alpha value is -2.35. The SMILES string of the molecule is CC(=O)NCc1cc2nnc(N3CCOCC3)n2cc1-c1ccc(Cl)cc1Cl. The van der Waals surface area contributed by atoms with E-state index < -0.39 is 0 Å². The largest absolute Gasteiger partial charge is 0.378 e. The molecule has 0 atom stereocenters. The molecule has 0 spiro atoms. The number of rotatable bonds is 4. The normalized spacial score (nSPS) is 14.5. The first-order valence-corrected chi connectivity index (χ1v) is 9.69. The third-order valence-electron chi connectivity index (χ3n) is 4.65. The fraction of sp³-hybridized carbons (Fsp3) is 0.316. The molecule has 1 N–H and O–H groups in total. The number of carbonyl (C=O) groups excluding carboxylic acids is 1. The van der Waals surface area contributed by atoms with Crippen molar-refractivity contribution in [3.05, 3.63) is 46.1 Å². The van der Waals surface area contributed by atoms with Crippen LogP contribution in [0.25, 0.3) is 16.8 Å². The molecule has 0 radical (unpaired) electrons. The van der Waals surface area contributed by atoms with Crippen LogP contribution in [0.5, 0.6) is 0 Å². The van der Waals surface area contributed by atoms with E-state index in [0.717, 1.165) is 35.7 Å². The molecular formula is C19H19Cl2N5O2. The maximum atomic E-state index is 11.4. The van der Waals surface area contributed by atoms with Crippen LogP contribution < -0.4 is 10.2 Å². The summed E-state index contributed by atoms with van der Waals surface area (Å²) in [5.74, 6) is 0.652. The van der Waals surface area contributed by atoms with Crippen molar-refractivity contribution in [3.63, 3.8) is 0 Å². The second kappa shape index (κ2) is 7.95. The van der Waals surface area contributed by atoms with Crippen molar-refractivity contribution in [2.24, 2.45) is 0 Å². The second-order valence-corrected chi connectivity index (χ2v) is 7.42. The number of morpholine rings is 1. The molecule has 9 heteroatoms. The number of carbonyl (C=O) groups is 1. The lowest BCUT2D eigenvalue weighted by Crippen LogP contribution is -2.37. The summed E-state index contributed by atoms with van der Waals surface area (Å²) in [5, 5.41) is 12.6. The first-order valence-electron chi connectivity index (χ1n) is 8.93. The minimum atomic E-state index is -0.108. The average molecular weight is 420 g/mol. The first kappa shape index (κ1) is 19.0. The highest BCUT2D eigenvalue weighted by Crippen LogP contribution is 2.34. The van der Waals surface area contributed by atoms with Crippen LogP contribution in [0, 0.1) is 0 Å². The lowest BCUT2D eigenvalue weighted by atomic mass is 10.0. The number of hydrogen-bond donors (Lipinski definition) is 1. The molecule has 1 aromatic carbocycles. The molecule has 28 heavy (non-hydrogen) atoms. The van der Waals surface area contributed by atoms with Crippen LogP contribution in [0.4, 0.5) is 5.95 Å². The Labute approximate surface area is 172 Å². The van der Waals surface area contributed by atoms with Crippen LogP contribution in [-0.2, 0) is 16.1 Å². The predicted molar refractivity (Wildman–Crippen MR) is 109 cm³/mol. The standard InChI is InChI=1S/C19H19Cl2N5O2/c1-12(27)22-10-13-8-18-23-24-19(25-4-6-28-7-5-25)26(18)11-16(13)15-3-2-14(20)9-17(15)21/h2-3,8-9,11H,4-7,10H2,1H3,(H,22,27). The van der Waals surface area contributed by atoms with Crippen LogP contribution in [0.1, 0.15) is 12.5 Å². The number of aromatic nitrogens is 3. The number of amides is 1. The van der Waals surface area contributed by atoms with Gasteiger partial charge in [-0.3, -0.25) is 9.20 Å². The topological polar surface area (TPSA) is 71.8 Å². The summed E-state index contributed by atoms with van der Waals surface area (Å²) in [6.07, 6.45) is 1.96. The first-order chi connectivity index (χ1) is 13.5. The molecule has 1 fully saturated rings. The Kier molecular flexibility index (Phi) is 5.39. The third kappa shape index (κ3) is 3.78. The molecule has 1 amide bonds. The zero-order chi connectivity index (χ0) is 19.7. The number of halogens is 2. The van der Waals surface area contributed by atoms with Crippen molar-refractivity contribution < 1.29 is 9.53 Å². The molecule has 3 aromatic rings. The minimum Gasteiger partial charge on any atom is -0.378 e. The molecule has 7 nitrogen and oxygen atoms in total. The van der Waals surface area contributed by atoms with Gasteiger partial charge < -0.3 is 15.0 Å². The van der Waals surface area contributed by atoms with Crippen molar-refractivity contribution >= 4 is 40.7 Å². The van der Waals surface area contributed by atoms with Crippen LogP contribution in [0.3, 0.4) is 0 Å². The second-order valence-electron chi connectivity index (χ2n) is 6.57. The van der Waals surface area contributed by atoms with Crippen molar-refractivity contribution in [2.75, 3.05) is 31.2 Å². The number of ether oxygens (including phenoxy) is 1. The molecule has 0 unspecified atom stereocenters. The highest BCUT2D eigenvalue weighted by atomic mass is 35.5. The Morgan fingerprint density at radius 2 is 1.96 bits per heavy atom. The van der Waals surface area contributed by atoms with Gasteiger partial charge in [-0.2, -0.15) is 0 Å². The summed E-state index contributed by atoms with van der Waals surface area (Å²) in [5.41, 5.74) is 3.32. The van der Waals surface area contributed by atoms with Crippen molar-refractivity contribution in [1.82, 2.24) is 19.9 Å². The number of hydrogen-bond acceptors (Lipinski definition) is 5. The summed E-state index contributed by atoms with van der Waals surface area (Å²) in [6.45, 7) is 4.68. The number of pyridine rings is 1.